The molecule has 0 spiro atoms. The summed E-state index contributed by atoms with van der Waals surface area (Å²) in [5, 5.41) is 0. The lowest BCUT2D eigenvalue weighted by Gasteiger charge is -2.27. The minimum absolute atomic E-state index is 0.539. The molecule has 1 N–H and O–H groups in total. The van der Waals surface area contributed by atoms with Gasteiger partial charge in [0.05, 0.1) is 0 Å². The quantitative estimate of drug-likeness (QED) is 0.682. The maximum Gasteiger partial charge on any atom is 0.0476 e. The Bertz CT molecular complexity index is 302. The van der Waals surface area contributed by atoms with Crippen molar-refractivity contribution < 1.29 is 0 Å². The lowest BCUT2D eigenvalue weighted by molar-refractivity contribution is 0.174. The first kappa shape index (κ1) is 20.6. The summed E-state index contributed by atoms with van der Waals surface area (Å²) in [6.45, 7) is 18.8. The van der Waals surface area contributed by atoms with Gasteiger partial charge in [-0.15, -0.1) is 0 Å². The topological polar surface area (TPSA) is 19.0 Å². The molecule has 0 saturated heterocycles. The number of nitrogens with zero attached hydrogens (tertiary/aromatic N) is 1. The van der Waals surface area contributed by atoms with Crippen molar-refractivity contribution in [2.24, 2.45) is 5.92 Å². The molecule has 1 aromatic heterocycles. The summed E-state index contributed by atoms with van der Waals surface area (Å²) in [6, 6.07) is 3.36. The highest BCUT2D eigenvalue weighted by molar-refractivity contribution is 5.32. The molecule has 0 radical (unpaired) electrons. The van der Waals surface area contributed by atoms with E-state index in [9.17, 15) is 0 Å². The Kier molecular flexibility index (Phi) is 12.0. The van der Waals surface area contributed by atoms with Crippen LogP contribution in [-0.2, 0) is 0 Å². The van der Waals surface area contributed by atoms with Crippen LogP contribution in [0, 0.1) is 5.92 Å². The van der Waals surface area contributed by atoms with Gasteiger partial charge in [-0.1, -0.05) is 55.4 Å². The molecule has 2 heteroatoms. The van der Waals surface area contributed by atoms with Gasteiger partial charge in [0.15, 0.2) is 0 Å². The Morgan fingerprint density at radius 3 is 1.95 bits per heavy atom. The number of rotatable bonds is 1. The molecule has 1 aliphatic heterocycles. The van der Waals surface area contributed by atoms with Gasteiger partial charge < -0.3 is 4.98 Å². The fourth-order valence-corrected chi connectivity index (χ4v) is 2.51. The Morgan fingerprint density at radius 2 is 1.53 bits per heavy atom. The summed E-state index contributed by atoms with van der Waals surface area (Å²) in [5.41, 5.74) is 2.89. The summed E-state index contributed by atoms with van der Waals surface area (Å²) < 4.78 is 0. The highest BCUT2D eigenvalue weighted by Gasteiger charge is 2.35. The summed E-state index contributed by atoms with van der Waals surface area (Å²) in [6.07, 6.45) is 2.06. The molecule has 0 amide bonds. The second kappa shape index (κ2) is 11.1. The van der Waals surface area contributed by atoms with E-state index in [1.165, 1.54) is 11.3 Å². The van der Waals surface area contributed by atoms with E-state index >= 15 is 0 Å². The van der Waals surface area contributed by atoms with Crippen molar-refractivity contribution in [3.05, 3.63) is 23.5 Å². The van der Waals surface area contributed by atoms with E-state index in [2.05, 4.69) is 50.0 Å². The molecule has 19 heavy (non-hydrogen) atoms. The van der Waals surface area contributed by atoms with Crippen LogP contribution in [0.5, 0.6) is 0 Å². The highest BCUT2D eigenvalue weighted by Crippen LogP contribution is 2.43. The normalized spacial score (nSPS) is 20.4. The van der Waals surface area contributed by atoms with Gasteiger partial charge in [0.25, 0.3) is 0 Å². The molecule has 0 saturated carbocycles. The van der Waals surface area contributed by atoms with Gasteiger partial charge in [0.2, 0.25) is 0 Å². The minimum Gasteiger partial charge on any atom is -0.363 e. The van der Waals surface area contributed by atoms with Gasteiger partial charge in [-0.25, -0.2) is 0 Å². The third kappa shape index (κ3) is 4.68. The standard InChI is InChI=1S/C11H18N2.3C2H6/c1-7(2)11-9-5-6-12-10(9)8(3)13(11)4;3*1-2/h5-8,11-12H,1-4H3;3*1-2H3. The second-order valence-corrected chi connectivity index (χ2v) is 4.38. The van der Waals surface area contributed by atoms with Crippen LogP contribution >= 0.6 is 0 Å². The second-order valence-electron chi connectivity index (χ2n) is 4.38. The fraction of sp³-hybridized carbons (Fsp3) is 0.765. The molecule has 0 bridgehead atoms. The average molecular weight is 268 g/mol. The zero-order valence-electron chi connectivity index (χ0n) is 14.8. The van der Waals surface area contributed by atoms with E-state index < -0.39 is 0 Å². The first-order valence-corrected chi connectivity index (χ1v) is 8.02. The smallest absolute Gasteiger partial charge is 0.0476 e. The molecule has 2 unspecified atom stereocenters. The zero-order chi connectivity index (χ0) is 15.6. The predicted molar refractivity (Wildman–Crippen MR) is 88.6 cm³/mol. The van der Waals surface area contributed by atoms with Crippen LogP contribution in [0.15, 0.2) is 12.3 Å². The lowest BCUT2D eigenvalue weighted by atomic mass is 9.99. The first-order chi connectivity index (χ1) is 9.13. The third-order valence-electron chi connectivity index (χ3n) is 3.23. The van der Waals surface area contributed by atoms with Gasteiger partial charge in [0, 0.05) is 24.0 Å². The Hall–Kier alpha value is -0.760. The molecular weight excluding hydrogens is 232 g/mol. The molecule has 2 rings (SSSR count). The van der Waals surface area contributed by atoms with Crippen LogP contribution in [-0.4, -0.2) is 16.9 Å². The number of fused-ring (bicyclic) bond motifs is 1. The van der Waals surface area contributed by atoms with Crippen molar-refractivity contribution in [3.8, 4) is 0 Å². The van der Waals surface area contributed by atoms with E-state index in [0.29, 0.717) is 18.0 Å². The summed E-state index contributed by atoms with van der Waals surface area (Å²) in [7, 11) is 2.21. The molecule has 2 heterocycles. The van der Waals surface area contributed by atoms with Crippen molar-refractivity contribution in [1.82, 2.24) is 9.88 Å². The van der Waals surface area contributed by atoms with Crippen molar-refractivity contribution in [2.75, 3.05) is 7.05 Å². The number of H-pyrrole nitrogens is 1. The van der Waals surface area contributed by atoms with Crippen molar-refractivity contribution in [1.29, 1.82) is 0 Å². The lowest BCUT2D eigenvalue weighted by Crippen LogP contribution is -2.23. The monoisotopic (exact) mass is 268 g/mol. The minimum atomic E-state index is 0.539. The van der Waals surface area contributed by atoms with Gasteiger partial charge >= 0.3 is 0 Å². The largest absolute Gasteiger partial charge is 0.363 e. The van der Waals surface area contributed by atoms with Crippen molar-refractivity contribution in [2.45, 2.75) is 74.4 Å². The van der Waals surface area contributed by atoms with Crippen LogP contribution in [0.4, 0.5) is 0 Å². The van der Waals surface area contributed by atoms with E-state index in [4.69, 9.17) is 0 Å². The van der Waals surface area contributed by atoms with E-state index in [0.717, 1.165) is 0 Å². The van der Waals surface area contributed by atoms with Crippen molar-refractivity contribution in [3.63, 3.8) is 0 Å². The number of nitrogens with one attached hydrogen (secondary N) is 1. The Morgan fingerprint density at radius 1 is 1.05 bits per heavy atom. The highest BCUT2D eigenvalue weighted by atomic mass is 15.2. The van der Waals surface area contributed by atoms with Gasteiger partial charge in [0.1, 0.15) is 0 Å². The van der Waals surface area contributed by atoms with E-state index in [1.807, 2.05) is 41.5 Å². The molecule has 114 valence electrons. The number of hydrogen-bond donors (Lipinski definition) is 1. The number of aromatic amines is 1. The first-order valence-electron chi connectivity index (χ1n) is 8.02. The number of aromatic nitrogens is 1. The SMILES string of the molecule is CC.CC.CC.CC(C)C1c2cc[nH]c2C(C)N1C. The van der Waals surface area contributed by atoms with E-state index in [1.54, 1.807) is 0 Å². The Balaban J connectivity index is 0. The molecule has 0 aromatic carbocycles. The zero-order valence-corrected chi connectivity index (χ0v) is 14.8. The van der Waals surface area contributed by atoms with Gasteiger partial charge in [-0.2, -0.15) is 0 Å². The third-order valence-corrected chi connectivity index (χ3v) is 3.23. The van der Waals surface area contributed by atoms with Gasteiger partial charge in [-0.05, 0) is 31.5 Å². The maximum atomic E-state index is 3.34. The molecule has 2 nitrogen and oxygen atoms in total. The predicted octanol–water partition coefficient (Wildman–Crippen LogP) is 5.80. The van der Waals surface area contributed by atoms with Crippen LogP contribution in [0.2, 0.25) is 0 Å². The summed E-state index contributed by atoms with van der Waals surface area (Å²) in [4.78, 5) is 5.79. The summed E-state index contributed by atoms with van der Waals surface area (Å²) in [5.74, 6) is 0.685. The van der Waals surface area contributed by atoms with Crippen LogP contribution in [0.25, 0.3) is 0 Å². The van der Waals surface area contributed by atoms with E-state index in [-0.39, 0.29) is 0 Å². The van der Waals surface area contributed by atoms with Crippen molar-refractivity contribution >= 4 is 0 Å². The van der Waals surface area contributed by atoms with Crippen LogP contribution < -0.4 is 0 Å². The number of hydrogen-bond acceptors (Lipinski definition) is 1. The molecule has 1 aliphatic rings. The average Bonchev–Trinajstić information content (AvgIpc) is 3.01. The molecule has 0 aliphatic carbocycles. The van der Waals surface area contributed by atoms with Crippen LogP contribution in [0.3, 0.4) is 0 Å². The van der Waals surface area contributed by atoms with Crippen LogP contribution in [0.1, 0.15) is 85.7 Å². The van der Waals surface area contributed by atoms with Gasteiger partial charge in [-0.3, -0.25) is 4.90 Å². The Labute approximate surface area is 121 Å². The summed E-state index contributed by atoms with van der Waals surface area (Å²) >= 11 is 0. The molecule has 0 fully saturated rings. The fourth-order valence-electron chi connectivity index (χ4n) is 2.51. The molecular formula is C17H36N2. The molecule has 1 aromatic rings. The molecule has 2 atom stereocenters. The maximum absolute atomic E-state index is 3.34.